The summed E-state index contributed by atoms with van der Waals surface area (Å²) in [6.45, 7) is 5.73. The van der Waals surface area contributed by atoms with Gasteiger partial charge in [0.05, 0.1) is 22.5 Å². The van der Waals surface area contributed by atoms with Crippen molar-refractivity contribution in [3.8, 4) is 5.75 Å². The molecule has 142 valence electrons. The second-order valence-electron chi connectivity index (χ2n) is 6.70. The number of benzene rings is 2. The van der Waals surface area contributed by atoms with Crippen LogP contribution >= 0.6 is 11.3 Å². The number of unbranched alkanes of at least 4 members (excludes halogenated alkanes) is 1. The Morgan fingerprint density at radius 3 is 2.81 bits per heavy atom. The molecule has 0 aliphatic rings. The molecule has 0 aliphatic carbocycles. The molecule has 0 fully saturated rings. The predicted octanol–water partition coefficient (Wildman–Crippen LogP) is 7.18. The summed E-state index contributed by atoms with van der Waals surface area (Å²) >= 11 is 1.67. The number of azo groups is 1. The number of fused-ring (bicyclic) bond motifs is 1. The van der Waals surface area contributed by atoms with Gasteiger partial charge in [0.2, 0.25) is 0 Å². The summed E-state index contributed by atoms with van der Waals surface area (Å²) in [5, 5.41) is 9.64. The monoisotopic (exact) mass is 381 g/mol. The Bertz CT molecular complexity index is 842. The summed E-state index contributed by atoms with van der Waals surface area (Å²) in [7, 11) is 0. The Hall–Kier alpha value is -2.27. The van der Waals surface area contributed by atoms with Crippen LogP contribution in [0.4, 0.5) is 5.69 Å². The molecular formula is C22H27N3OS. The fraction of sp³-hybridized carbons (Fsp3) is 0.409. The number of hydrogen-bond acceptors (Lipinski definition) is 5. The minimum absolute atomic E-state index is 0.499. The third-order valence-corrected chi connectivity index (χ3v) is 5.60. The highest BCUT2D eigenvalue weighted by molar-refractivity contribution is 7.18. The summed E-state index contributed by atoms with van der Waals surface area (Å²) in [6, 6.07) is 16.0. The predicted molar refractivity (Wildman–Crippen MR) is 113 cm³/mol. The van der Waals surface area contributed by atoms with Gasteiger partial charge in [-0.15, -0.1) is 11.3 Å². The van der Waals surface area contributed by atoms with Crippen molar-refractivity contribution in [2.45, 2.75) is 46.1 Å². The summed E-state index contributed by atoms with van der Waals surface area (Å²) in [5.74, 6) is 1.48. The van der Waals surface area contributed by atoms with Gasteiger partial charge in [-0.3, -0.25) is 0 Å². The van der Waals surface area contributed by atoms with E-state index in [4.69, 9.17) is 4.74 Å². The van der Waals surface area contributed by atoms with E-state index >= 15 is 0 Å². The Labute approximate surface area is 165 Å². The van der Waals surface area contributed by atoms with Gasteiger partial charge in [-0.25, -0.2) is 4.98 Å². The maximum absolute atomic E-state index is 5.99. The minimum atomic E-state index is 0.499. The summed E-state index contributed by atoms with van der Waals surface area (Å²) in [5.41, 5.74) is 1.84. The molecule has 2 aromatic carbocycles. The van der Waals surface area contributed by atoms with Crippen molar-refractivity contribution in [1.29, 1.82) is 0 Å². The number of hydrogen-bond donors (Lipinski definition) is 0. The Morgan fingerprint density at radius 2 is 2.00 bits per heavy atom. The van der Waals surface area contributed by atoms with Crippen molar-refractivity contribution in [2.75, 3.05) is 6.61 Å². The van der Waals surface area contributed by atoms with Gasteiger partial charge in [-0.05, 0) is 36.6 Å². The largest absolute Gasteiger partial charge is 0.493 e. The van der Waals surface area contributed by atoms with Crippen LogP contribution < -0.4 is 4.74 Å². The molecule has 1 aromatic heterocycles. The zero-order valence-electron chi connectivity index (χ0n) is 16.1. The third kappa shape index (κ3) is 5.86. The van der Waals surface area contributed by atoms with E-state index in [2.05, 4.69) is 35.1 Å². The van der Waals surface area contributed by atoms with Crippen molar-refractivity contribution < 1.29 is 4.74 Å². The molecule has 5 heteroatoms. The van der Waals surface area contributed by atoms with E-state index in [0.717, 1.165) is 35.0 Å². The Kier molecular flexibility index (Phi) is 7.34. The molecule has 0 bridgehead atoms. The summed E-state index contributed by atoms with van der Waals surface area (Å²) in [6.07, 6.45) is 4.89. The summed E-state index contributed by atoms with van der Waals surface area (Å²) < 4.78 is 7.18. The second-order valence-corrected chi connectivity index (χ2v) is 7.81. The molecule has 0 radical (unpaired) electrons. The standard InChI is InChI=1S/C22H27N3OS/c1-3-5-9-17(4-2)16-26-19-11-8-10-18(14-19)25-23-15-22-24-20-12-6-7-13-21(20)27-22/h6-8,10-14,17H,3-5,9,15-16H2,1-2H3. The van der Waals surface area contributed by atoms with E-state index in [0.29, 0.717) is 12.5 Å². The molecule has 0 spiro atoms. The van der Waals surface area contributed by atoms with Gasteiger partial charge in [0.25, 0.3) is 0 Å². The van der Waals surface area contributed by atoms with E-state index in [1.165, 1.54) is 24.0 Å². The molecule has 1 unspecified atom stereocenters. The highest BCUT2D eigenvalue weighted by Gasteiger charge is 2.07. The van der Waals surface area contributed by atoms with Crippen LogP contribution in [0, 0.1) is 5.92 Å². The fourth-order valence-corrected chi connectivity index (χ4v) is 3.80. The first-order chi connectivity index (χ1) is 13.3. The lowest BCUT2D eigenvalue weighted by molar-refractivity contribution is 0.233. The van der Waals surface area contributed by atoms with Crippen LogP contribution in [0.3, 0.4) is 0 Å². The first kappa shape index (κ1) is 19.5. The SMILES string of the molecule is CCCCC(CC)COc1cccc(N=NCc2nc3ccccc3s2)c1. The van der Waals surface area contributed by atoms with Gasteiger partial charge in [0, 0.05) is 6.07 Å². The van der Waals surface area contributed by atoms with Gasteiger partial charge in [0.15, 0.2) is 0 Å². The Balaban J connectivity index is 1.55. The van der Waals surface area contributed by atoms with Gasteiger partial charge in [-0.1, -0.05) is 51.3 Å². The van der Waals surface area contributed by atoms with Crippen LogP contribution in [0.25, 0.3) is 10.2 Å². The third-order valence-electron chi connectivity index (χ3n) is 4.58. The highest BCUT2D eigenvalue weighted by Crippen LogP contribution is 2.24. The van der Waals surface area contributed by atoms with Crippen LogP contribution in [-0.4, -0.2) is 11.6 Å². The van der Waals surface area contributed by atoms with Crippen LogP contribution in [0.5, 0.6) is 5.75 Å². The van der Waals surface area contributed by atoms with E-state index in [9.17, 15) is 0 Å². The van der Waals surface area contributed by atoms with E-state index in [1.807, 2.05) is 42.5 Å². The zero-order chi connectivity index (χ0) is 18.9. The fourth-order valence-electron chi connectivity index (χ4n) is 2.91. The second kappa shape index (κ2) is 10.2. The average Bonchev–Trinajstić information content (AvgIpc) is 3.11. The molecule has 3 rings (SSSR count). The van der Waals surface area contributed by atoms with Crippen molar-refractivity contribution in [3.05, 3.63) is 53.5 Å². The smallest absolute Gasteiger partial charge is 0.121 e. The van der Waals surface area contributed by atoms with E-state index in [-0.39, 0.29) is 0 Å². The topological polar surface area (TPSA) is 46.8 Å². The zero-order valence-corrected chi connectivity index (χ0v) is 16.9. The molecule has 0 aliphatic heterocycles. The van der Waals surface area contributed by atoms with Crippen LogP contribution in [0.15, 0.2) is 58.8 Å². The molecular weight excluding hydrogens is 354 g/mol. The van der Waals surface area contributed by atoms with Crippen molar-refractivity contribution in [1.82, 2.24) is 4.98 Å². The van der Waals surface area contributed by atoms with Gasteiger partial charge in [0.1, 0.15) is 17.3 Å². The lowest BCUT2D eigenvalue weighted by Gasteiger charge is -2.15. The number of para-hydroxylation sites is 1. The minimum Gasteiger partial charge on any atom is -0.493 e. The van der Waals surface area contributed by atoms with Crippen LogP contribution in [0.2, 0.25) is 0 Å². The molecule has 3 aromatic rings. The van der Waals surface area contributed by atoms with Gasteiger partial charge < -0.3 is 4.74 Å². The summed E-state index contributed by atoms with van der Waals surface area (Å²) in [4.78, 5) is 4.58. The number of aromatic nitrogens is 1. The normalized spacial score (nSPS) is 12.7. The molecule has 27 heavy (non-hydrogen) atoms. The number of rotatable bonds is 10. The average molecular weight is 382 g/mol. The highest BCUT2D eigenvalue weighted by atomic mass is 32.1. The quantitative estimate of drug-likeness (QED) is 0.349. The molecule has 1 heterocycles. The molecule has 4 nitrogen and oxygen atoms in total. The Morgan fingerprint density at radius 1 is 1.11 bits per heavy atom. The molecule has 0 saturated carbocycles. The molecule has 0 saturated heterocycles. The van der Waals surface area contributed by atoms with Crippen LogP contribution in [0.1, 0.15) is 44.5 Å². The first-order valence-electron chi connectivity index (χ1n) is 9.73. The number of nitrogens with zero attached hydrogens (tertiary/aromatic N) is 3. The maximum Gasteiger partial charge on any atom is 0.121 e. The van der Waals surface area contributed by atoms with E-state index < -0.39 is 0 Å². The lowest BCUT2D eigenvalue weighted by Crippen LogP contribution is -2.11. The number of thiazole rings is 1. The molecule has 0 amide bonds. The van der Waals surface area contributed by atoms with Crippen LogP contribution in [-0.2, 0) is 6.54 Å². The van der Waals surface area contributed by atoms with Crippen molar-refractivity contribution in [2.24, 2.45) is 16.1 Å². The first-order valence-corrected chi connectivity index (χ1v) is 10.5. The van der Waals surface area contributed by atoms with Gasteiger partial charge in [-0.2, -0.15) is 10.2 Å². The van der Waals surface area contributed by atoms with Gasteiger partial charge >= 0.3 is 0 Å². The van der Waals surface area contributed by atoms with Crippen molar-refractivity contribution >= 4 is 27.2 Å². The van der Waals surface area contributed by atoms with E-state index in [1.54, 1.807) is 11.3 Å². The maximum atomic E-state index is 5.99. The van der Waals surface area contributed by atoms with Crippen molar-refractivity contribution in [3.63, 3.8) is 0 Å². The molecule has 0 N–H and O–H groups in total. The number of ether oxygens (including phenoxy) is 1. The lowest BCUT2D eigenvalue weighted by atomic mass is 10.0. The molecule has 1 atom stereocenters.